The molecule has 0 aromatic heterocycles. The summed E-state index contributed by atoms with van der Waals surface area (Å²) in [5.74, 6) is 0.120. The lowest BCUT2D eigenvalue weighted by molar-refractivity contribution is -0.152. The first-order chi connectivity index (χ1) is 8.96. The van der Waals surface area contributed by atoms with Crippen LogP contribution in [0.2, 0.25) is 0 Å². The molecule has 0 aliphatic carbocycles. The fourth-order valence-electron chi connectivity index (χ4n) is 2.38. The van der Waals surface area contributed by atoms with E-state index in [9.17, 15) is 9.59 Å². The van der Waals surface area contributed by atoms with Crippen LogP contribution >= 0.6 is 0 Å². The summed E-state index contributed by atoms with van der Waals surface area (Å²) in [4.78, 5) is 26.4. The largest absolute Gasteiger partial charge is 0.380 e. The van der Waals surface area contributed by atoms with Crippen LogP contribution in [0.25, 0.3) is 0 Å². The molecule has 1 rings (SSSR count). The van der Waals surface area contributed by atoms with Gasteiger partial charge in [-0.1, -0.05) is 27.2 Å². The van der Waals surface area contributed by atoms with Crippen molar-refractivity contribution in [3.63, 3.8) is 0 Å². The van der Waals surface area contributed by atoms with E-state index in [4.69, 9.17) is 4.74 Å². The first-order valence-electron chi connectivity index (χ1n) is 7.09. The molecular formula is C14H26N2O3. The number of ether oxygens (including phenoxy) is 1. The summed E-state index contributed by atoms with van der Waals surface area (Å²) in [7, 11) is 1.62. The molecule has 4 unspecified atom stereocenters. The summed E-state index contributed by atoms with van der Waals surface area (Å²) in [5, 5.41) is 2.87. The molecule has 1 N–H and O–H groups in total. The van der Waals surface area contributed by atoms with Gasteiger partial charge in [0.2, 0.25) is 11.8 Å². The highest BCUT2D eigenvalue weighted by molar-refractivity contribution is 5.97. The number of piperazine rings is 1. The Balaban J connectivity index is 2.92. The molecule has 0 spiro atoms. The van der Waals surface area contributed by atoms with Crippen molar-refractivity contribution < 1.29 is 14.3 Å². The Labute approximate surface area is 115 Å². The van der Waals surface area contributed by atoms with Crippen LogP contribution in [0.3, 0.4) is 0 Å². The lowest BCUT2D eigenvalue weighted by Crippen LogP contribution is -2.65. The minimum Gasteiger partial charge on any atom is -0.380 e. The van der Waals surface area contributed by atoms with E-state index < -0.39 is 6.04 Å². The second-order valence-electron chi connectivity index (χ2n) is 5.33. The van der Waals surface area contributed by atoms with E-state index in [1.165, 1.54) is 0 Å². The Morgan fingerprint density at radius 1 is 1.32 bits per heavy atom. The zero-order valence-electron chi connectivity index (χ0n) is 12.6. The zero-order valence-corrected chi connectivity index (χ0v) is 12.6. The molecule has 0 aromatic carbocycles. The standard InChI is InChI=1S/C14H26N2O3/c1-6-9(3)12-14(18)16(8-10(4)19-5)11(7-2)13(17)15-12/h9-12H,6-8H2,1-5H3,(H,15,17). The topological polar surface area (TPSA) is 58.6 Å². The average molecular weight is 270 g/mol. The Hall–Kier alpha value is -1.10. The maximum atomic E-state index is 12.5. The summed E-state index contributed by atoms with van der Waals surface area (Å²) < 4.78 is 5.23. The molecule has 5 heteroatoms. The Morgan fingerprint density at radius 3 is 2.42 bits per heavy atom. The monoisotopic (exact) mass is 270 g/mol. The van der Waals surface area contributed by atoms with Crippen LogP contribution in [0, 0.1) is 5.92 Å². The Morgan fingerprint density at radius 2 is 1.95 bits per heavy atom. The molecule has 110 valence electrons. The number of carbonyl (C=O) groups excluding carboxylic acids is 2. The van der Waals surface area contributed by atoms with Gasteiger partial charge in [-0.3, -0.25) is 9.59 Å². The molecule has 19 heavy (non-hydrogen) atoms. The molecule has 1 fully saturated rings. The van der Waals surface area contributed by atoms with Crippen LogP contribution < -0.4 is 5.32 Å². The molecule has 0 bridgehead atoms. The number of rotatable bonds is 6. The molecule has 1 saturated heterocycles. The molecule has 0 radical (unpaired) electrons. The van der Waals surface area contributed by atoms with Crippen molar-refractivity contribution in [3.05, 3.63) is 0 Å². The highest BCUT2D eigenvalue weighted by atomic mass is 16.5. The second-order valence-corrected chi connectivity index (χ2v) is 5.33. The van der Waals surface area contributed by atoms with Gasteiger partial charge in [0.05, 0.1) is 6.10 Å². The maximum absolute atomic E-state index is 12.5. The lowest BCUT2D eigenvalue weighted by atomic mass is 9.93. The van der Waals surface area contributed by atoms with Gasteiger partial charge in [0.15, 0.2) is 0 Å². The Bertz CT molecular complexity index is 333. The first kappa shape index (κ1) is 16.0. The van der Waals surface area contributed by atoms with Crippen molar-refractivity contribution in [2.75, 3.05) is 13.7 Å². The van der Waals surface area contributed by atoms with Crippen molar-refractivity contribution in [2.24, 2.45) is 5.92 Å². The molecule has 1 aliphatic rings. The quantitative estimate of drug-likeness (QED) is 0.788. The van der Waals surface area contributed by atoms with Crippen molar-refractivity contribution in [2.45, 2.75) is 58.7 Å². The first-order valence-corrected chi connectivity index (χ1v) is 7.09. The highest BCUT2D eigenvalue weighted by Crippen LogP contribution is 2.20. The van der Waals surface area contributed by atoms with Crippen molar-refractivity contribution >= 4 is 11.8 Å². The van der Waals surface area contributed by atoms with Gasteiger partial charge in [0.25, 0.3) is 0 Å². The van der Waals surface area contributed by atoms with Gasteiger partial charge in [-0.2, -0.15) is 0 Å². The predicted molar refractivity (Wildman–Crippen MR) is 73.6 cm³/mol. The summed E-state index contributed by atoms with van der Waals surface area (Å²) in [6, 6.07) is -0.769. The van der Waals surface area contributed by atoms with E-state index in [0.29, 0.717) is 13.0 Å². The number of nitrogens with zero attached hydrogens (tertiary/aromatic N) is 1. The second kappa shape index (κ2) is 6.89. The smallest absolute Gasteiger partial charge is 0.246 e. The van der Waals surface area contributed by atoms with E-state index in [-0.39, 0.29) is 29.9 Å². The highest BCUT2D eigenvalue weighted by Gasteiger charge is 2.41. The summed E-state index contributed by atoms with van der Waals surface area (Å²) >= 11 is 0. The fourth-order valence-corrected chi connectivity index (χ4v) is 2.38. The number of methoxy groups -OCH3 is 1. The van der Waals surface area contributed by atoms with E-state index >= 15 is 0 Å². The maximum Gasteiger partial charge on any atom is 0.246 e. The molecule has 0 saturated carbocycles. The predicted octanol–water partition coefficient (Wildman–Crippen LogP) is 1.17. The van der Waals surface area contributed by atoms with Crippen LogP contribution in [0.1, 0.15) is 40.5 Å². The van der Waals surface area contributed by atoms with Crippen molar-refractivity contribution in [1.29, 1.82) is 0 Å². The van der Waals surface area contributed by atoms with Gasteiger partial charge in [0, 0.05) is 13.7 Å². The lowest BCUT2D eigenvalue weighted by Gasteiger charge is -2.41. The molecule has 2 amide bonds. The van der Waals surface area contributed by atoms with Crippen LogP contribution in [-0.2, 0) is 14.3 Å². The van der Waals surface area contributed by atoms with Crippen molar-refractivity contribution in [1.82, 2.24) is 10.2 Å². The molecule has 4 atom stereocenters. The van der Waals surface area contributed by atoms with Gasteiger partial charge < -0.3 is 15.0 Å². The SMILES string of the molecule is CCC(C)C1NC(=O)C(CC)N(CC(C)OC)C1=O. The van der Waals surface area contributed by atoms with Crippen molar-refractivity contribution in [3.8, 4) is 0 Å². The summed E-state index contributed by atoms with van der Waals surface area (Å²) in [6.07, 6.45) is 1.42. The number of amides is 2. The van der Waals surface area contributed by atoms with Gasteiger partial charge in [0.1, 0.15) is 12.1 Å². The summed E-state index contributed by atoms with van der Waals surface area (Å²) in [6.45, 7) is 8.32. The van der Waals surface area contributed by atoms with Gasteiger partial charge in [-0.15, -0.1) is 0 Å². The molecule has 1 heterocycles. The molecule has 0 aromatic rings. The van der Waals surface area contributed by atoms with Gasteiger partial charge in [-0.25, -0.2) is 0 Å². The minimum atomic E-state index is -0.399. The summed E-state index contributed by atoms with van der Waals surface area (Å²) in [5.41, 5.74) is 0. The molecular weight excluding hydrogens is 244 g/mol. The molecule has 1 aliphatic heterocycles. The average Bonchev–Trinajstić information content (AvgIpc) is 2.41. The van der Waals surface area contributed by atoms with Crippen LogP contribution in [0.4, 0.5) is 0 Å². The fraction of sp³-hybridized carbons (Fsp3) is 0.857. The van der Waals surface area contributed by atoms with E-state index in [2.05, 4.69) is 5.32 Å². The third-order valence-corrected chi connectivity index (χ3v) is 3.98. The van der Waals surface area contributed by atoms with Gasteiger partial charge >= 0.3 is 0 Å². The van der Waals surface area contributed by atoms with Crippen LogP contribution in [0.15, 0.2) is 0 Å². The van der Waals surface area contributed by atoms with Crippen LogP contribution in [0.5, 0.6) is 0 Å². The third kappa shape index (κ3) is 3.47. The Kier molecular flexibility index (Phi) is 5.79. The zero-order chi connectivity index (χ0) is 14.6. The van der Waals surface area contributed by atoms with E-state index in [1.807, 2.05) is 27.7 Å². The molecule has 5 nitrogen and oxygen atoms in total. The number of hydrogen-bond donors (Lipinski definition) is 1. The third-order valence-electron chi connectivity index (χ3n) is 3.98. The minimum absolute atomic E-state index is 0.0182. The normalized spacial score (nSPS) is 27.1. The van der Waals surface area contributed by atoms with Crippen LogP contribution in [-0.4, -0.2) is 48.6 Å². The number of nitrogens with one attached hydrogen (secondary N) is 1. The van der Waals surface area contributed by atoms with E-state index in [0.717, 1.165) is 6.42 Å². The van der Waals surface area contributed by atoms with E-state index in [1.54, 1.807) is 12.0 Å². The number of hydrogen-bond acceptors (Lipinski definition) is 3. The van der Waals surface area contributed by atoms with Gasteiger partial charge in [-0.05, 0) is 19.3 Å². The number of carbonyl (C=O) groups is 2.